The molecule has 0 saturated heterocycles. The van der Waals surface area contributed by atoms with Gasteiger partial charge in [-0.05, 0) is 62.7 Å². The minimum absolute atomic E-state index is 0.0218. The lowest BCUT2D eigenvalue weighted by atomic mass is 9.83. The molecule has 11 heteroatoms. The fraction of sp³-hybridized carbons (Fsp3) is 0.500. The molecule has 3 aromatic rings. The minimum Gasteiger partial charge on any atom is -0.443 e. The summed E-state index contributed by atoms with van der Waals surface area (Å²) in [4.78, 5) is 24.1. The van der Waals surface area contributed by atoms with E-state index in [1.165, 1.54) is 0 Å². The van der Waals surface area contributed by atoms with E-state index in [-0.39, 0.29) is 5.04 Å². The zero-order chi connectivity index (χ0) is 30.4. The van der Waals surface area contributed by atoms with Crippen molar-refractivity contribution in [3.63, 3.8) is 0 Å². The molecule has 1 aliphatic rings. The highest BCUT2D eigenvalue weighted by atomic mass is 28.4. The summed E-state index contributed by atoms with van der Waals surface area (Å²) in [6.07, 6.45) is 4.72. The number of aromatic nitrogens is 4. The highest BCUT2D eigenvalue weighted by Crippen LogP contribution is 2.47. The first-order valence-corrected chi connectivity index (χ1v) is 16.7. The Morgan fingerprint density at radius 3 is 2.51 bits per heavy atom. The van der Waals surface area contributed by atoms with Crippen LogP contribution in [0.5, 0.6) is 0 Å². The summed E-state index contributed by atoms with van der Waals surface area (Å²) >= 11 is 0. The Kier molecular flexibility index (Phi) is 7.79. The Hall–Kier alpha value is -3.75. The number of hydrogen-bond donors (Lipinski definition) is 1. The molecular formula is C30H41N7O3Si. The second kappa shape index (κ2) is 10.6. The predicted octanol–water partition coefficient (Wildman–Crippen LogP) is 6.53. The molecule has 1 aliphatic heterocycles. The number of nitrogens with zero attached hydrogens (tertiary/aromatic N) is 6. The highest BCUT2D eigenvalue weighted by molar-refractivity contribution is 6.74. The lowest BCUT2D eigenvalue weighted by Crippen LogP contribution is -2.46. The molecule has 10 nitrogen and oxygen atoms in total. The van der Waals surface area contributed by atoms with Crippen LogP contribution in [-0.4, -0.2) is 52.9 Å². The van der Waals surface area contributed by atoms with Gasteiger partial charge in [0, 0.05) is 43.6 Å². The van der Waals surface area contributed by atoms with Crippen molar-refractivity contribution in [3.8, 4) is 17.3 Å². The van der Waals surface area contributed by atoms with E-state index in [4.69, 9.17) is 14.1 Å². The van der Waals surface area contributed by atoms with Crippen molar-refractivity contribution in [2.45, 2.75) is 77.6 Å². The van der Waals surface area contributed by atoms with Crippen LogP contribution in [0.25, 0.3) is 11.3 Å². The molecule has 41 heavy (non-hydrogen) atoms. The molecule has 218 valence electrons. The molecule has 0 saturated carbocycles. The third-order valence-corrected chi connectivity index (χ3v) is 12.2. The molecule has 4 rings (SSSR count). The molecule has 0 radical (unpaired) electrons. The largest absolute Gasteiger partial charge is 0.443 e. The van der Waals surface area contributed by atoms with Crippen LogP contribution >= 0.6 is 0 Å². The second-order valence-electron chi connectivity index (χ2n) is 13.5. The normalized spacial score (nSPS) is 17.2. The van der Waals surface area contributed by atoms with Crippen molar-refractivity contribution in [3.05, 3.63) is 47.9 Å². The van der Waals surface area contributed by atoms with Crippen molar-refractivity contribution in [2.75, 3.05) is 23.4 Å². The average Bonchev–Trinajstić information content (AvgIpc) is 3.41. The Morgan fingerprint density at radius 1 is 1.22 bits per heavy atom. The number of hydrogen-bond acceptors (Lipinski definition) is 8. The van der Waals surface area contributed by atoms with Crippen LogP contribution in [0.1, 0.15) is 59.6 Å². The first-order valence-electron chi connectivity index (χ1n) is 13.7. The van der Waals surface area contributed by atoms with Crippen LogP contribution in [-0.2, 0) is 21.6 Å². The van der Waals surface area contributed by atoms with Gasteiger partial charge in [-0.3, -0.25) is 9.58 Å². The van der Waals surface area contributed by atoms with Gasteiger partial charge in [-0.15, -0.1) is 0 Å². The average molecular weight is 576 g/mol. The molecule has 1 aromatic carbocycles. The standard InChI is InChI=1S/C30H41N7O3Si/c1-28(2,3)40-27(38)37-18-30(7,19-39-41(9,10)29(4,5)6)23-14-20(13-21(15-31)25(23)37)24-11-12-32-26(35-24)34-22-16-33-36(8)17-22/h11-14,16-17H,18-19H2,1-10H3,(H,32,34,35)/t30-/m0/s1. The fourth-order valence-corrected chi connectivity index (χ4v) is 5.59. The molecular weight excluding hydrogens is 534 g/mol. The summed E-state index contributed by atoms with van der Waals surface area (Å²) in [5, 5.41) is 17.7. The molecule has 3 heterocycles. The third-order valence-electron chi connectivity index (χ3n) is 7.74. The summed E-state index contributed by atoms with van der Waals surface area (Å²) in [6.45, 7) is 19.4. The van der Waals surface area contributed by atoms with Gasteiger partial charge in [0.15, 0.2) is 8.32 Å². The molecule has 0 aliphatic carbocycles. The Morgan fingerprint density at radius 2 is 1.93 bits per heavy atom. The second-order valence-corrected chi connectivity index (χ2v) is 18.3. The topological polar surface area (TPSA) is 118 Å². The van der Waals surface area contributed by atoms with Crippen molar-refractivity contribution < 1.29 is 14.0 Å². The zero-order valence-electron chi connectivity index (χ0n) is 25.8. The lowest BCUT2D eigenvalue weighted by molar-refractivity contribution is 0.0575. The Balaban J connectivity index is 1.79. The number of carbonyl (C=O) groups is 1. The van der Waals surface area contributed by atoms with Crippen LogP contribution in [0.15, 0.2) is 36.8 Å². The molecule has 0 unspecified atom stereocenters. The molecule has 1 N–H and O–H groups in total. The molecule has 0 fully saturated rings. The first kappa shape index (κ1) is 30.2. The van der Waals surface area contributed by atoms with Crippen molar-refractivity contribution in [1.29, 1.82) is 5.26 Å². The maximum Gasteiger partial charge on any atom is 0.414 e. The number of aryl methyl sites for hydroxylation is 1. The number of nitriles is 1. The Labute approximate surface area is 243 Å². The Bertz CT molecular complexity index is 1500. The van der Waals surface area contributed by atoms with Gasteiger partial charge in [-0.1, -0.05) is 27.7 Å². The minimum atomic E-state index is -2.11. The number of amides is 1. The van der Waals surface area contributed by atoms with Gasteiger partial charge in [0.25, 0.3) is 0 Å². The fourth-order valence-electron chi connectivity index (χ4n) is 4.48. The van der Waals surface area contributed by atoms with Crippen molar-refractivity contribution >= 4 is 31.7 Å². The summed E-state index contributed by atoms with van der Waals surface area (Å²) in [5.74, 6) is 0.411. The monoisotopic (exact) mass is 575 g/mol. The van der Waals surface area contributed by atoms with Gasteiger partial charge < -0.3 is 14.5 Å². The van der Waals surface area contributed by atoms with Gasteiger partial charge in [-0.25, -0.2) is 14.8 Å². The van der Waals surface area contributed by atoms with Crippen LogP contribution in [0.2, 0.25) is 18.1 Å². The van der Waals surface area contributed by atoms with Gasteiger partial charge in [0.05, 0.1) is 28.8 Å². The van der Waals surface area contributed by atoms with Gasteiger partial charge in [0.1, 0.15) is 11.7 Å². The number of rotatable bonds is 6. The van der Waals surface area contributed by atoms with E-state index < -0.39 is 25.4 Å². The van der Waals surface area contributed by atoms with E-state index in [0.29, 0.717) is 36.0 Å². The van der Waals surface area contributed by atoms with Crippen molar-refractivity contribution in [1.82, 2.24) is 19.7 Å². The van der Waals surface area contributed by atoms with Crippen LogP contribution in [0, 0.1) is 11.3 Å². The summed E-state index contributed by atoms with van der Waals surface area (Å²) in [5.41, 5.74) is 2.70. The number of benzene rings is 1. The number of fused-ring (bicyclic) bond motifs is 1. The number of ether oxygens (including phenoxy) is 1. The quantitative estimate of drug-likeness (QED) is 0.330. The summed E-state index contributed by atoms with van der Waals surface area (Å²) in [7, 11) is -0.270. The van der Waals surface area contributed by atoms with Crippen LogP contribution in [0.4, 0.5) is 22.1 Å². The van der Waals surface area contributed by atoms with E-state index in [1.54, 1.807) is 34.1 Å². The maximum absolute atomic E-state index is 13.4. The first-order chi connectivity index (χ1) is 18.9. The van der Waals surface area contributed by atoms with Gasteiger partial charge in [-0.2, -0.15) is 10.4 Å². The van der Waals surface area contributed by atoms with Crippen molar-refractivity contribution in [2.24, 2.45) is 7.05 Å². The summed E-state index contributed by atoms with van der Waals surface area (Å²) in [6, 6.07) is 7.92. The molecule has 1 atom stereocenters. The third kappa shape index (κ3) is 6.44. The molecule has 0 spiro atoms. The van der Waals surface area contributed by atoms with E-state index in [1.807, 2.05) is 40.1 Å². The van der Waals surface area contributed by atoms with E-state index in [9.17, 15) is 10.1 Å². The SMILES string of the molecule is Cn1cc(Nc2nccc(-c3cc(C#N)c4c(c3)[C@](C)(CO[Si](C)(C)C(C)(C)C)CN4C(=O)OC(C)(C)C)n2)cn1. The number of nitrogens with one attached hydrogen (secondary N) is 1. The van der Waals surface area contributed by atoms with Crippen LogP contribution in [0.3, 0.4) is 0 Å². The maximum atomic E-state index is 13.4. The zero-order valence-corrected chi connectivity index (χ0v) is 26.8. The number of carbonyl (C=O) groups excluding carboxylic acids is 1. The van der Waals surface area contributed by atoms with Gasteiger partial charge in [0.2, 0.25) is 5.95 Å². The van der Waals surface area contributed by atoms with E-state index >= 15 is 0 Å². The lowest BCUT2D eigenvalue weighted by Gasteiger charge is -2.39. The smallest absolute Gasteiger partial charge is 0.414 e. The molecule has 1 amide bonds. The highest BCUT2D eigenvalue weighted by Gasteiger charge is 2.47. The predicted molar refractivity (Wildman–Crippen MR) is 163 cm³/mol. The molecule has 2 aromatic heterocycles. The number of anilines is 3. The van der Waals surface area contributed by atoms with Crippen LogP contribution < -0.4 is 10.2 Å². The summed E-state index contributed by atoms with van der Waals surface area (Å²) < 4.78 is 14.2. The van der Waals surface area contributed by atoms with E-state index in [2.05, 4.69) is 62.3 Å². The van der Waals surface area contributed by atoms with Gasteiger partial charge >= 0.3 is 6.09 Å². The van der Waals surface area contributed by atoms with E-state index in [0.717, 1.165) is 16.8 Å². The molecule has 0 bridgehead atoms.